The molecule has 1 unspecified atom stereocenters. The Morgan fingerprint density at radius 1 is 1.09 bits per heavy atom. The highest BCUT2D eigenvalue weighted by molar-refractivity contribution is 7.89. The van der Waals surface area contributed by atoms with E-state index in [4.69, 9.17) is 18.9 Å². The molecule has 0 aliphatic carbocycles. The van der Waals surface area contributed by atoms with E-state index < -0.39 is 33.7 Å². The molecule has 1 aliphatic rings. The van der Waals surface area contributed by atoms with E-state index in [0.717, 1.165) is 6.07 Å². The molecule has 0 bridgehead atoms. The number of nitrogens with one attached hydrogen (secondary N) is 2. The summed E-state index contributed by atoms with van der Waals surface area (Å²) in [5.41, 5.74) is 0.169. The SMILES string of the molecule is COCCOc1ccc(NC(=O)C(NS(=O)(=O)c2ccc3c(c2)OCCCO3)C(C)C)cc1F. The third-order valence-corrected chi connectivity index (χ3v) is 6.44. The monoisotopic (exact) mass is 496 g/mol. The maximum atomic E-state index is 14.3. The smallest absolute Gasteiger partial charge is 0.242 e. The van der Waals surface area contributed by atoms with Crippen LogP contribution >= 0.6 is 0 Å². The van der Waals surface area contributed by atoms with E-state index >= 15 is 0 Å². The van der Waals surface area contributed by atoms with E-state index in [0.29, 0.717) is 37.7 Å². The number of hydrogen-bond donors (Lipinski definition) is 2. The molecule has 2 aromatic carbocycles. The van der Waals surface area contributed by atoms with Gasteiger partial charge in [-0.3, -0.25) is 4.79 Å². The van der Waals surface area contributed by atoms with Gasteiger partial charge in [-0.25, -0.2) is 12.8 Å². The van der Waals surface area contributed by atoms with Crippen LogP contribution in [-0.4, -0.2) is 53.9 Å². The van der Waals surface area contributed by atoms with Crippen molar-refractivity contribution in [2.45, 2.75) is 31.2 Å². The molecule has 186 valence electrons. The van der Waals surface area contributed by atoms with E-state index in [9.17, 15) is 17.6 Å². The van der Waals surface area contributed by atoms with Gasteiger partial charge in [0.25, 0.3) is 0 Å². The molecular weight excluding hydrogens is 467 g/mol. The molecule has 11 heteroatoms. The second-order valence-corrected chi connectivity index (χ2v) is 9.69. The van der Waals surface area contributed by atoms with Crippen molar-refractivity contribution in [1.82, 2.24) is 4.72 Å². The molecular formula is C23H29FN2O7S. The second-order valence-electron chi connectivity index (χ2n) is 7.98. The van der Waals surface area contributed by atoms with Gasteiger partial charge in [-0.05, 0) is 30.2 Å². The summed E-state index contributed by atoms with van der Waals surface area (Å²) in [6.07, 6.45) is 0.686. The van der Waals surface area contributed by atoms with E-state index in [1.807, 2.05) is 0 Å². The topological polar surface area (TPSA) is 112 Å². The van der Waals surface area contributed by atoms with Crippen LogP contribution in [0.25, 0.3) is 0 Å². The number of rotatable bonds is 10. The van der Waals surface area contributed by atoms with Crippen molar-refractivity contribution in [3.63, 3.8) is 0 Å². The number of hydrogen-bond acceptors (Lipinski definition) is 7. The van der Waals surface area contributed by atoms with Crippen LogP contribution in [0.1, 0.15) is 20.3 Å². The first-order valence-electron chi connectivity index (χ1n) is 10.9. The van der Waals surface area contributed by atoms with Gasteiger partial charge < -0.3 is 24.3 Å². The molecule has 0 aromatic heterocycles. The van der Waals surface area contributed by atoms with Gasteiger partial charge in [-0.1, -0.05) is 13.8 Å². The molecule has 3 rings (SSSR count). The van der Waals surface area contributed by atoms with Gasteiger partial charge in [-0.2, -0.15) is 4.72 Å². The van der Waals surface area contributed by atoms with E-state index in [2.05, 4.69) is 10.0 Å². The van der Waals surface area contributed by atoms with Crippen LogP contribution in [0, 0.1) is 11.7 Å². The van der Waals surface area contributed by atoms with Gasteiger partial charge in [0, 0.05) is 31.4 Å². The molecule has 9 nitrogen and oxygen atoms in total. The summed E-state index contributed by atoms with van der Waals surface area (Å²) in [5.74, 6) is -0.870. The van der Waals surface area contributed by atoms with Crippen LogP contribution in [0.15, 0.2) is 41.3 Å². The lowest BCUT2D eigenvalue weighted by Gasteiger charge is -2.22. The lowest BCUT2D eigenvalue weighted by Crippen LogP contribution is -2.47. The average molecular weight is 497 g/mol. The zero-order valence-electron chi connectivity index (χ0n) is 19.3. The van der Waals surface area contributed by atoms with Gasteiger partial charge in [-0.15, -0.1) is 0 Å². The molecule has 0 fully saturated rings. The minimum Gasteiger partial charge on any atom is -0.490 e. The van der Waals surface area contributed by atoms with Gasteiger partial charge in [0.1, 0.15) is 12.6 Å². The van der Waals surface area contributed by atoms with Crippen LogP contribution in [0.3, 0.4) is 0 Å². The van der Waals surface area contributed by atoms with Crippen LogP contribution < -0.4 is 24.2 Å². The Balaban J connectivity index is 1.72. The standard InChI is InChI=1S/C23H29FN2O7S/c1-15(2)22(23(27)25-16-5-7-19(18(24)13-16)33-12-11-30-3)26-34(28,29)17-6-8-20-21(14-17)32-10-4-9-31-20/h5-8,13-15,22,26H,4,9-12H2,1-3H3,(H,25,27). The predicted molar refractivity (Wildman–Crippen MR) is 123 cm³/mol. The molecule has 34 heavy (non-hydrogen) atoms. The Morgan fingerprint density at radius 2 is 1.82 bits per heavy atom. The molecule has 1 aliphatic heterocycles. The van der Waals surface area contributed by atoms with Gasteiger partial charge in [0.2, 0.25) is 15.9 Å². The van der Waals surface area contributed by atoms with Crippen molar-refractivity contribution in [1.29, 1.82) is 0 Å². The van der Waals surface area contributed by atoms with E-state index in [-0.39, 0.29) is 22.9 Å². The van der Waals surface area contributed by atoms with Crippen LogP contribution in [0.4, 0.5) is 10.1 Å². The summed E-state index contributed by atoms with van der Waals surface area (Å²) in [5, 5.41) is 2.56. The third-order valence-electron chi connectivity index (χ3n) is 5.00. The number of benzene rings is 2. The zero-order valence-corrected chi connectivity index (χ0v) is 20.1. The number of anilines is 1. The quantitative estimate of drug-likeness (QED) is 0.487. The van der Waals surface area contributed by atoms with Crippen molar-refractivity contribution in [2.24, 2.45) is 5.92 Å². The lowest BCUT2D eigenvalue weighted by molar-refractivity contribution is -0.118. The Morgan fingerprint density at radius 3 is 2.50 bits per heavy atom. The first-order chi connectivity index (χ1) is 16.2. The zero-order chi connectivity index (χ0) is 24.7. The maximum Gasteiger partial charge on any atom is 0.242 e. The minimum atomic E-state index is -4.07. The van der Waals surface area contributed by atoms with Gasteiger partial charge in [0.15, 0.2) is 23.1 Å². The Hall–Kier alpha value is -2.89. The Bertz CT molecular complexity index is 1110. The van der Waals surface area contributed by atoms with Crippen molar-refractivity contribution < 1.29 is 36.6 Å². The number of sulfonamides is 1. The summed E-state index contributed by atoms with van der Waals surface area (Å²) >= 11 is 0. The summed E-state index contributed by atoms with van der Waals surface area (Å²) < 4.78 is 64.0. The van der Waals surface area contributed by atoms with Gasteiger partial charge in [0.05, 0.1) is 24.7 Å². The summed E-state index contributed by atoms with van der Waals surface area (Å²) in [4.78, 5) is 12.8. The number of halogens is 1. The van der Waals surface area contributed by atoms with Crippen LogP contribution in [0.5, 0.6) is 17.2 Å². The molecule has 1 amide bonds. The van der Waals surface area contributed by atoms with Crippen molar-refractivity contribution in [3.8, 4) is 17.2 Å². The van der Waals surface area contributed by atoms with Crippen LogP contribution in [0.2, 0.25) is 0 Å². The number of carbonyl (C=O) groups excluding carboxylic acids is 1. The molecule has 2 aromatic rings. The summed E-state index contributed by atoms with van der Waals surface area (Å²) in [7, 11) is -2.56. The highest BCUT2D eigenvalue weighted by Gasteiger charge is 2.29. The number of methoxy groups -OCH3 is 1. The average Bonchev–Trinajstić information content (AvgIpc) is 3.04. The highest BCUT2D eigenvalue weighted by atomic mass is 32.2. The predicted octanol–water partition coefficient (Wildman–Crippen LogP) is 2.95. The van der Waals surface area contributed by atoms with Crippen molar-refractivity contribution in [3.05, 3.63) is 42.2 Å². The summed E-state index contributed by atoms with van der Waals surface area (Å²) in [6, 6.07) is 7.14. The summed E-state index contributed by atoms with van der Waals surface area (Å²) in [6.45, 7) is 4.78. The number of amides is 1. The highest BCUT2D eigenvalue weighted by Crippen LogP contribution is 2.32. The molecule has 2 N–H and O–H groups in total. The minimum absolute atomic E-state index is 0.0190. The maximum absolute atomic E-state index is 14.3. The van der Waals surface area contributed by atoms with E-state index in [1.54, 1.807) is 13.8 Å². The van der Waals surface area contributed by atoms with Crippen molar-refractivity contribution in [2.75, 3.05) is 38.9 Å². The third kappa shape index (κ3) is 6.58. The first-order valence-corrected chi connectivity index (χ1v) is 12.3. The fourth-order valence-electron chi connectivity index (χ4n) is 3.19. The lowest BCUT2D eigenvalue weighted by atomic mass is 10.0. The number of fused-ring (bicyclic) bond motifs is 1. The molecule has 0 saturated carbocycles. The number of carbonyl (C=O) groups is 1. The molecule has 0 spiro atoms. The van der Waals surface area contributed by atoms with Crippen LogP contribution in [-0.2, 0) is 19.6 Å². The largest absolute Gasteiger partial charge is 0.490 e. The number of ether oxygens (including phenoxy) is 4. The second kappa shape index (κ2) is 11.5. The van der Waals surface area contributed by atoms with Crippen molar-refractivity contribution >= 4 is 21.6 Å². The normalized spacial score (nSPS) is 14.4. The molecule has 0 saturated heterocycles. The molecule has 1 heterocycles. The Kier molecular flexibility index (Phi) is 8.70. The first kappa shape index (κ1) is 25.7. The molecule has 0 radical (unpaired) electrons. The fourth-order valence-corrected chi connectivity index (χ4v) is 4.55. The Labute approximate surface area is 198 Å². The fraction of sp³-hybridized carbons (Fsp3) is 0.435. The molecule has 1 atom stereocenters. The van der Waals surface area contributed by atoms with Gasteiger partial charge >= 0.3 is 0 Å². The van der Waals surface area contributed by atoms with E-state index in [1.165, 1.54) is 37.4 Å².